The molecule has 0 radical (unpaired) electrons. The third-order valence-corrected chi connectivity index (χ3v) is 2.90. The average molecular weight is 256 g/mol. The van der Waals surface area contributed by atoms with Crippen molar-refractivity contribution in [1.82, 2.24) is 20.3 Å². The molecule has 0 bridgehead atoms. The van der Waals surface area contributed by atoms with Crippen LogP contribution in [0.25, 0.3) is 11.4 Å². The summed E-state index contributed by atoms with van der Waals surface area (Å²) in [6.07, 6.45) is 4.75. The summed E-state index contributed by atoms with van der Waals surface area (Å²) in [5.74, 6) is 0.785. The number of nitrogens with one attached hydrogen (secondary N) is 1. The molecule has 0 aromatic carbocycles. The first-order chi connectivity index (χ1) is 9.20. The van der Waals surface area contributed by atoms with Crippen molar-refractivity contribution in [3.8, 4) is 11.4 Å². The summed E-state index contributed by atoms with van der Waals surface area (Å²) < 4.78 is 0. The Morgan fingerprint density at radius 3 is 2.79 bits per heavy atom. The van der Waals surface area contributed by atoms with E-state index in [0.717, 1.165) is 47.8 Å². The van der Waals surface area contributed by atoms with Gasteiger partial charge in [0.25, 0.3) is 0 Å². The number of pyridine rings is 1. The number of aryl methyl sites for hydroxylation is 2. The molecule has 2 aromatic rings. The lowest BCUT2D eigenvalue weighted by Gasteiger charge is -2.08. The Labute approximate surface area is 114 Å². The van der Waals surface area contributed by atoms with Gasteiger partial charge in [-0.25, -0.2) is 9.97 Å². The summed E-state index contributed by atoms with van der Waals surface area (Å²) in [4.78, 5) is 13.3. The maximum atomic E-state index is 4.64. The summed E-state index contributed by atoms with van der Waals surface area (Å²) in [6.45, 7) is 7.99. The first-order valence-electron chi connectivity index (χ1n) is 6.67. The molecule has 0 amide bonds. The van der Waals surface area contributed by atoms with E-state index in [1.54, 1.807) is 6.20 Å². The molecular weight excluding hydrogens is 236 g/mol. The Morgan fingerprint density at radius 1 is 1.21 bits per heavy atom. The Hall–Kier alpha value is -1.81. The van der Waals surface area contributed by atoms with E-state index in [1.807, 2.05) is 32.2 Å². The van der Waals surface area contributed by atoms with E-state index in [9.17, 15) is 0 Å². The van der Waals surface area contributed by atoms with Crippen LogP contribution in [0.4, 0.5) is 0 Å². The lowest BCUT2D eigenvalue weighted by Crippen LogP contribution is -2.15. The molecule has 4 nitrogen and oxygen atoms in total. The second-order valence-corrected chi connectivity index (χ2v) is 4.69. The molecule has 0 aliphatic heterocycles. The average Bonchev–Trinajstić information content (AvgIpc) is 2.39. The highest BCUT2D eigenvalue weighted by molar-refractivity contribution is 5.58. The molecule has 0 unspecified atom stereocenters. The summed E-state index contributed by atoms with van der Waals surface area (Å²) in [7, 11) is 0. The summed E-state index contributed by atoms with van der Waals surface area (Å²) >= 11 is 0. The molecule has 1 N–H and O–H groups in total. The van der Waals surface area contributed by atoms with Gasteiger partial charge in [0.2, 0.25) is 0 Å². The van der Waals surface area contributed by atoms with Crippen molar-refractivity contribution in [3.05, 3.63) is 41.5 Å². The third-order valence-electron chi connectivity index (χ3n) is 2.90. The van der Waals surface area contributed by atoms with Gasteiger partial charge in [0.15, 0.2) is 5.82 Å². The smallest absolute Gasteiger partial charge is 0.160 e. The van der Waals surface area contributed by atoms with Gasteiger partial charge in [0, 0.05) is 30.2 Å². The van der Waals surface area contributed by atoms with Crippen molar-refractivity contribution in [3.63, 3.8) is 0 Å². The molecule has 0 aliphatic carbocycles. The van der Waals surface area contributed by atoms with Crippen LogP contribution in [-0.2, 0) is 6.54 Å². The topological polar surface area (TPSA) is 50.7 Å². The molecule has 0 aliphatic rings. The minimum Gasteiger partial charge on any atom is -0.311 e. The van der Waals surface area contributed by atoms with Gasteiger partial charge in [-0.15, -0.1) is 0 Å². The van der Waals surface area contributed by atoms with E-state index < -0.39 is 0 Å². The Kier molecular flexibility index (Phi) is 4.58. The van der Waals surface area contributed by atoms with E-state index >= 15 is 0 Å². The molecular formula is C15H20N4. The van der Waals surface area contributed by atoms with Crippen molar-refractivity contribution >= 4 is 0 Å². The normalized spacial score (nSPS) is 10.7. The molecule has 0 spiro atoms. The fraction of sp³-hybridized carbons (Fsp3) is 0.400. The van der Waals surface area contributed by atoms with E-state index in [4.69, 9.17) is 0 Å². The van der Waals surface area contributed by atoms with Crippen LogP contribution in [0.1, 0.15) is 30.3 Å². The Morgan fingerprint density at radius 2 is 2.05 bits per heavy atom. The fourth-order valence-corrected chi connectivity index (χ4v) is 1.96. The van der Waals surface area contributed by atoms with Gasteiger partial charge < -0.3 is 5.32 Å². The zero-order valence-corrected chi connectivity index (χ0v) is 11.8. The van der Waals surface area contributed by atoms with Crippen LogP contribution in [-0.4, -0.2) is 21.5 Å². The molecule has 100 valence electrons. The molecule has 0 fully saturated rings. The Balaban J connectivity index is 2.29. The maximum absolute atomic E-state index is 4.64. The second-order valence-electron chi connectivity index (χ2n) is 4.69. The summed E-state index contributed by atoms with van der Waals surface area (Å²) in [5, 5.41) is 3.37. The number of nitrogens with zero attached hydrogens (tertiary/aromatic N) is 3. The first kappa shape index (κ1) is 13.6. The Bertz CT molecular complexity index is 552. The molecule has 0 saturated heterocycles. The van der Waals surface area contributed by atoms with Crippen LogP contribution in [0.5, 0.6) is 0 Å². The van der Waals surface area contributed by atoms with Gasteiger partial charge in [-0.1, -0.05) is 6.92 Å². The predicted molar refractivity (Wildman–Crippen MR) is 76.7 cm³/mol. The molecule has 2 rings (SSSR count). The minimum absolute atomic E-state index is 0.785. The molecule has 19 heavy (non-hydrogen) atoms. The van der Waals surface area contributed by atoms with Crippen molar-refractivity contribution in [1.29, 1.82) is 0 Å². The SMILES string of the molecule is CCCNCc1cc(C)nc(-c2ccncc2C)n1. The standard InChI is InChI=1S/C15H20N4/c1-4-6-16-10-13-8-12(3)18-15(19-13)14-5-7-17-9-11(14)2/h5,7-9,16H,4,6,10H2,1-3H3. The predicted octanol–water partition coefficient (Wildman–Crippen LogP) is 2.66. The van der Waals surface area contributed by atoms with Crippen molar-refractivity contribution in [2.45, 2.75) is 33.7 Å². The third kappa shape index (κ3) is 3.58. The van der Waals surface area contributed by atoms with E-state index in [-0.39, 0.29) is 0 Å². The number of hydrogen-bond donors (Lipinski definition) is 1. The van der Waals surface area contributed by atoms with Gasteiger partial charge >= 0.3 is 0 Å². The van der Waals surface area contributed by atoms with Crippen LogP contribution in [0.15, 0.2) is 24.5 Å². The highest BCUT2D eigenvalue weighted by atomic mass is 14.9. The summed E-state index contributed by atoms with van der Waals surface area (Å²) in [5.41, 5.74) is 4.18. The van der Waals surface area contributed by atoms with Gasteiger partial charge in [-0.2, -0.15) is 0 Å². The molecule has 0 saturated carbocycles. The van der Waals surface area contributed by atoms with Gasteiger partial charge in [0.05, 0.1) is 5.69 Å². The lowest BCUT2D eigenvalue weighted by molar-refractivity contribution is 0.662. The number of aromatic nitrogens is 3. The van der Waals surface area contributed by atoms with Gasteiger partial charge in [-0.05, 0) is 44.5 Å². The van der Waals surface area contributed by atoms with Crippen molar-refractivity contribution in [2.75, 3.05) is 6.54 Å². The first-order valence-corrected chi connectivity index (χ1v) is 6.67. The quantitative estimate of drug-likeness (QED) is 0.836. The molecule has 2 heterocycles. The van der Waals surface area contributed by atoms with Crippen LogP contribution in [0, 0.1) is 13.8 Å². The molecule has 4 heteroatoms. The van der Waals surface area contributed by atoms with Crippen LogP contribution in [0.3, 0.4) is 0 Å². The number of rotatable bonds is 5. The van der Waals surface area contributed by atoms with Gasteiger partial charge in [-0.3, -0.25) is 4.98 Å². The lowest BCUT2D eigenvalue weighted by atomic mass is 10.1. The second kappa shape index (κ2) is 6.38. The van der Waals surface area contributed by atoms with Gasteiger partial charge in [0.1, 0.15) is 0 Å². The van der Waals surface area contributed by atoms with E-state index in [2.05, 4.69) is 27.2 Å². The molecule has 2 aromatic heterocycles. The van der Waals surface area contributed by atoms with E-state index in [1.165, 1.54) is 0 Å². The van der Waals surface area contributed by atoms with Crippen molar-refractivity contribution in [2.24, 2.45) is 0 Å². The van der Waals surface area contributed by atoms with Crippen LogP contribution >= 0.6 is 0 Å². The highest BCUT2D eigenvalue weighted by Crippen LogP contribution is 2.19. The highest BCUT2D eigenvalue weighted by Gasteiger charge is 2.07. The van der Waals surface area contributed by atoms with Crippen LogP contribution in [0.2, 0.25) is 0 Å². The zero-order chi connectivity index (χ0) is 13.7. The van der Waals surface area contributed by atoms with Crippen LogP contribution < -0.4 is 5.32 Å². The summed E-state index contributed by atoms with van der Waals surface area (Å²) in [6, 6.07) is 4.00. The number of hydrogen-bond acceptors (Lipinski definition) is 4. The maximum Gasteiger partial charge on any atom is 0.160 e. The zero-order valence-electron chi connectivity index (χ0n) is 11.8. The fourth-order valence-electron chi connectivity index (χ4n) is 1.96. The minimum atomic E-state index is 0.785. The molecule has 0 atom stereocenters. The monoisotopic (exact) mass is 256 g/mol. The van der Waals surface area contributed by atoms with Crippen molar-refractivity contribution < 1.29 is 0 Å². The van der Waals surface area contributed by atoms with E-state index in [0.29, 0.717) is 0 Å². The largest absolute Gasteiger partial charge is 0.311 e.